The van der Waals surface area contributed by atoms with Crippen molar-refractivity contribution >= 4 is 40.7 Å². The summed E-state index contributed by atoms with van der Waals surface area (Å²) in [4.78, 5) is 40.2. The predicted molar refractivity (Wildman–Crippen MR) is 118 cm³/mol. The minimum atomic E-state index is -4.58. The minimum Gasteiger partial charge on any atom is -0.321 e. The van der Waals surface area contributed by atoms with E-state index in [-0.39, 0.29) is 51.8 Å². The van der Waals surface area contributed by atoms with E-state index in [9.17, 15) is 27.6 Å². The molecule has 1 aliphatic heterocycles. The third kappa shape index (κ3) is 3.11. The lowest BCUT2D eigenvalue weighted by Gasteiger charge is -2.37. The number of alkyl halides is 3. The SMILES string of the molecule is O=C(Nc1cc(C(F)(F)F)ccc1Cl)c1ccc(N2C(=O)[C@@H]3[C@H]4C=C[C@@H]([C@@H]5C[C@@H]45)[C@H]3C2=O)cc1. The van der Waals surface area contributed by atoms with Gasteiger partial charge in [0.2, 0.25) is 11.8 Å². The molecule has 174 valence electrons. The molecule has 2 aromatic carbocycles. The van der Waals surface area contributed by atoms with Gasteiger partial charge in [-0.25, -0.2) is 0 Å². The Kier molecular flexibility index (Phi) is 4.52. The van der Waals surface area contributed by atoms with E-state index in [2.05, 4.69) is 17.5 Å². The molecular weight excluding hydrogens is 469 g/mol. The average Bonchev–Trinajstić information content (AvgIpc) is 3.58. The zero-order valence-electron chi connectivity index (χ0n) is 17.6. The molecule has 1 N–H and O–H groups in total. The Balaban J connectivity index is 1.22. The fourth-order valence-corrected chi connectivity index (χ4v) is 6.13. The van der Waals surface area contributed by atoms with Gasteiger partial charge in [-0.15, -0.1) is 0 Å². The number of carbonyl (C=O) groups is 3. The Morgan fingerprint density at radius 2 is 1.53 bits per heavy atom. The Morgan fingerprint density at radius 3 is 2.09 bits per heavy atom. The van der Waals surface area contributed by atoms with Gasteiger partial charge in [-0.2, -0.15) is 13.2 Å². The molecule has 0 unspecified atom stereocenters. The molecular formula is C25H18ClF3N2O3. The fraction of sp³-hybridized carbons (Fsp3) is 0.320. The molecule has 2 saturated carbocycles. The summed E-state index contributed by atoms with van der Waals surface area (Å²) in [5.41, 5.74) is -0.569. The molecule has 1 saturated heterocycles. The summed E-state index contributed by atoms with van der Waals surface area (Å²) < 4.78 is 38.9. The highest BCUT2D eigenvalue weighted by molar-refractivity contribution is 6.34. The largest absolute Gasteiger partial charge is 0.416 e. The number of hydrogen-bond donors (Lipinski definition) is 1. The highest BCUT2D eigenvalue weighted by atomic mass is 35.5. The molecule has 34 heavy (non-hydrogen) atoms. The van der Waals surface area contributed by atoms with Crippen LogP contribution in [0, 0.1) is 35.5 Å². The molecule has 5 aliphatic rings. The maximum absolute atomic E-state index is 13.2. The minimum absolute atomic E-state index is 0.0323. The molecule has 2 aromatic rings. The number of imide groups is 1. The molecule has 0 spiro atoms. The van der Waals surface area contributed by atoms with Gasteiger partial charge < -0.3 is 5.32 Å². The summed E-state index contributed by atoms with van der Waals surface area (Å²) in [5.74, 6) is -0.478. The highest BCUT2D eigenvalue weighted by Gasteiger charge is 2.67. The number of rotatable bonds is 3. The van der Waals surface area contributed by atoms with E-state index in [4.69, 9.17) is 11.6 Å². The van der Waals surface area contributed by atoms with Crippen LogP contribution in [0.15, 0.2) is 54.6 Å². The Hall–Kier alpha value is -3.13. The predicted octanol–water partition coefficient (Wildman–Crippen LogP) is 5.17. The van der Waals surface area contributed by atoms with Gasteiger partial charge in [0.1, 0.15) is 0 Å². The molecule has 3 fully saturated rings. The van der Waals surface area contributed by atoms with Crippen molar-refractivity contribution in [3.05, 3.63) is 70.8 Å². The van der Waals surface area contributed by atoms with Crippen LogP contribution in [0.25, 0.3) is 0 Å². The first-order chi connectivity index (χ1) is 16.1. The van der Waals surface area contributed by atoms with Gasteiger partial charge in [-0.3, -0.25) is 19.3 Å². The van der Waals surface area contributed by atoms with E-state index in [1.807, 2.05) is 0 Å². The second-order valence-electron chi connectivity index (χ2n) is 9.36. The lowest BCUT2D eigenvalue weighted by molar-refractivity contribution is -0.137. The van der Waals surface area contributed by atoms with Crippen LogP contribution >= 0.6 is 11.6 Å². The van der Waals surface area contributed by atoms with Gasteiger partial charge in [-0.05, 0) is 72.6 Å². The van der Waals surface area contributed by atoms with Gasteiger partial charge in [0, 0.05) is 5.56 Å². The van der Waals surface area contributed by atoms with Gasteiger partial charge in [-0.1, -0.05) is 23.8 Å². The van der Waals surface area contributed by atoms with Crippen molar-refractivity contribution in [1.29, 1.82) is 0 Å². The van der Waals surface area contributed by atoms with Crippen molar-refractivity contribution < 1.29 is 27.6 Å². The van der Waals surface area contributed by atoms with Gasteiger partial charge in [0.15, 0.2) is 0 Å². The number of benzene rings is 2. The lowest BCUT2D eigenvalue weighted by Crippen LogP contribution is -2.40. The molecule has 0 radical (unpaired) electrons. The van der Waals surface area contributed by atoms with Crippen LogP contribution in [-0.4, -0.2) is 17.7 Å². The van der Waals surface area contributed by atoms with E-state index >= 15 is 0 Å². The number of nitrogens with one attached hydrogen (secondary N) is 1. The Morgan fingerprint density at radius 1 is 0.941 bits per heavy atom. The summed E-state index contributed by atoms with van der Waals surface area (Å²) in [6.07, 6.45) is 0.699. The summed E-state index contributed by atoms with van der Waals surface area (Å²) >= 11 is 5.95. The first kappa shape index (κ1) is 21.4. The average molecular weight is 487 g/mol. The quantitative estimate of drug-likeness (QED) is 0.481. The van der Waals surface area contributed by atoms with Gasteiger partial charge in [0.05, 0.1) is 33.8 Å². The second-order valence-corrected chi connectivity index (χ2v) is 9.77. The number of anilines is 2. The molecule has 1 heterocycles. The van der Waals surface area contributed by atoms with E-state index < -0.39 is 17.6 Å². The first-order valence-electron chi connectivity index (χ1n) is 11.0. The van der Waals surface area contributed by atoms with Crippen LogP contribution in [0.2, 0.25) is 5.02 Å². The summed E-state index contributed by atoms with van der Waals surface area (Å²) in [6.45, 7) is 0. The number of nitrogens with zero attached hydrogens (tertiary/aromatic N) is 1. The maximum Gasteiger partial charge on any atom is 0.416 e. The second kappa shape index (κ2) is 7.18. The monoisotopic (exact) mass is 486 g/mol. The number of amides is 3. The van der Waals surface area contributed by atoms with Crippen LogP contribution in [-0.2, 0) is 15.8 Å². The molecule has 2 bridgehead atoms. The van der Waals surface area contributed by atoms with Crippen molar-refractivity contribution in [2.45, 2.75) is 12.6 Å². The number of carbonyl (C=O) groups excluding carboxylic acids is 3. The van der Waals surface area contributed by atoms with Gasteiger partial charge >= 0.3 is 6.18 Å². The number of hydrogen-bond acceptors (Lipinski definition) is 3. The zero-order chi connectivity index (χ0) is 23.9. The maximum atomic E-state index is 13.2. The van der Waals surface area contributed by atoms with Crippen LogP contribution in [0.3, 0.4) is 0 Å². The fourth-order valence-electron chi connectivity index (χ4n) is 5.97. The lowest BCUT2D eigenvalue weighted by atomic mass is 9.63. The van der Waals surface area contributed by atoms with Crippen molar-refractivity contribution in [3.63, 3.8) is 0 Å². The van der Waals surface area contributed by atoms with Crippen LogP contribution in [0.1, 0.15) is 22.3 Å². The number of halogens is 4. The smallest absolute Gasteiger partial charge is 0.321 e. The third-order valence-electron chi connectivity index (χ3n) is 7.59. The topological polar surface area (TPSA) is 66.5 Å². The molecule has 4 aliphatic carbocycles. The summed E-state index contributed by atoms with van der Waals surface area (Å²) in [7, 11) is 0. The molecule has 5 nitrogen and oxygen atoms in total. The van der Waals surface area contributed by atoms with E-state index in [0.29, 0.717) is 17.5 Å². The molecule has 0 aromatic heterocycles. The standard InChI is InChI=1S/C25H18ClF3N2O3/c26-18-8-3-12(25(27,28)29)9-19(18)30-22(32)11-1-4-13(5-2-11)31-23(33)20-14-6-7-15(17-10-16(14)17)21(20)24(31)34/h1-9,14-17,20-21H,10H2,(H,30,32)/t14-,15-,16-,17-,20+,21+/m0/s1. The molecule has 7 rings (SSSR count). The molecule has 9 heteroatoms. The van der Waals surface area contributed by atoms with E-state index in [1.165, 1.54) is 29.2 Å². The third-order valence-corrected chi connectivity index (χ3v) is 7.92. The van der Waals surface area contributed by atoms with Crippen molar-refractivity contribution in [2.75, 3.05) is 10.2 Å². The van der Waals surface area contributed by atoms with Crippen LogP contribution in [0.4, 0.5) is 24.5 Å². The molecule has 6 atom stereocenters. The van der Waals surface area contributed by atoms with Crippen molar-refractivity contribution in [3.8, 4) is 0 Å². The number of allylic oxidation sites excluding steroid dienone is 2. The summed E-state index contributed by atoms with van der Waals surface area (Å²) in [6, 6.07) is 8.54. The van der Waals surface area contributed by atoms with Crippen molar-refractivity contribution in [2.24, 2.45) is 35.5 Å². The highest BCUT2D eigenvalue weighted by Crippen LogP contribution is 2.65. The Bertz CT molecular complexity index is 1240. The first-order valence-corrected chi connectivity index (χ1v) is 11.4. The van der Waals surface area contributed by atoms with Crippen LogP contribution < -0.4 is 10.2 Å². The Labute approximate surface area is 197 Å². The zero-order valence-corrected chi connectivity index (χ0v) is 18.3. The normalized spacial score (nSPS) is 30.9. The summed E-state index contributed by atoms with van der Waals surface area (Å²) in [5, 5.41) is 2.36. The molecule has 3 amide bonds. The van der Waals surface area contributed by atoms with Gasteiger partial charge in [0.25, 0.3) is 5.91 Å². The van der Waals surface area contributed by atoms with E-state index in [1.54, 1.807) is 0 Å². The van der Waals surface area contributed by atoms with Crippen molar-refractivity contribution in [1.82, 2.24) is 0 Å². The van der Waals surface area contributed by atoms with Crippen LogP contribution in [0.5, 0.6) is 0 Å². The van der Waals surface area contributed by atoms with E-state index in [0.717, 1.165) is 24.6 Å².